The number of pyridine rings is 1. The predicted molar refractivity (Wildman–Crippen MR) is 106 cm³/mol. The highest BCUT2D eigenvalue weighted by atomic mass is 32.1. The topological polar surface area (TPSA) is 64.1 Å². The van der Waals surface area contributed by atoms with Crippen molar-refractivity contribution in [3.05, 3.63) is 90.1 Å². The Bertz CT molecular complexity index is 1050. The third-order valence-corrected chi connectivity index (χ3v) is 4.51. The maximum atomic E-state index is 12.6. The summed E-state index contributed by atoms with van der Waals surface area (Å²) in [5, 5.41) is 5.26. The zero-order chi connectivity index (χ0) is 18.5. The molecule has 0 fully saturated rings. The van der Waals surface area contributed by atoms with Crippen LogP contribution in [0.25, 0.3) is 11.3 Å². The number of benzene rings is 2. The highest BCUT2D eigenvalue weighted by molar-refractivity contribution is 7.14. The molecule has 0 aliphatic carbocycles. The standard InChI is InChI=1S/C21H15N3O2S/c25-20(24-21-23-19(14-27-21)16-7-5-11-22-13-16)15-6-4-10-18(12-15)26-17-8-2-1-3-9-17/h1-14H,(H,23,24,25). The van der Waals surface area contributed by atoms with Crippen molar-refractivity contribution in [1.29, 1.82) is 0 Å². The van der Waals surface area contributed by atoms with Crippen molar-refractivity contribution < 1.29 is 9.53 Å². The van der Waals surface area contributed by atoms with Crippen LogP contribution in [-0.2, 0) is 0 Å². The van der Waals surface area contributed by atoms with Gasteiger partial charge in [-0.1, -0.05) is 24.3 Å². The second-order valence-corrected chi connectivity index (χ2v) is 6.53. The number of amides is 1. The van der Waals surface area contributed by atoms with Gasteiger partial charge in [-0.05, 0) is 42.5 Å². The Labute approximate surface area is 160 Å². The van der Waals surface area contributed by atoms with Gasteiger partial charge in [-0.2, -0.15) is 0 Å². The molecule has 0 radical (unpaired) electrons. The Morgan fingerprint density at radius 3 is 2.63 bits per heavy atom. The van der Waals surface area contributed by atoms with E-state index in [1.165, 1.54) is 11.3 Å². The van der Waals surface area contributed by atoms with Crippen molar-refractivity contribution in [2.24, 2.45) is 0 Å². The largest absolute Gasteiger partial charge is 0.457 e. The van der Waals surface area contributed by atoms with Crippen molar-refractivity contribution in [3.63, 3.8) is 0 Å². The molecular formula is C21H15N3O2S. The lowest BCUT2D eigenvalue weighted by atomic mass is 10.2. The van der Waals surface area contributed by atoms with Crippen LogP contribution in [0.5, 0.6) is 11.5 Å². The Morgan fingerprint density at radius 1 is 0.963 bits per heavy atom. The summed E-state index contributed by atoms with van der Waals surface area (Å²) in [6.45, 7) is 0. The number of anilines is 1. The molecule has 6 heteroatoms. The van der Waals surface area contributed by atoms with Gasteiger partial charge in [-0.3, -0.25) is 15.1 Å². The summed E-state index contributed by atoms with van der Waals surface area (Å²) in [6, 6.07) is 20.3. The number of rotatable bonds is 5. The molecule has 0 saturated carbocycles. The summed E-state index contributed by atoms with van der Waals surface area (Å²) >= 11 is 1.37. The van der Waals surface area contributed by atoms with Gasteiger partial charge in [0.2, 0.25) is 0 Å². The molecule has 0 atom stereocenters. The third-order valence-electron chi connectivity index (χ3n) is 3.76. The average molecular weight is 373 g/mol. The minimum atomic E-state index is -0.236. The lowest BCUT2D eigenvalue weighted by molar-refractivity contribution is 0.102. The molecule has 4 aromatic rings. The summed E-state index contributed by atoms with van der Waals surface area (Å²) in [4.78, 5) is 21.1. The first-order valence-corrected chi connectivity index (χ1v) is 9.16. The van der Waals surface area contributed by atoms with E-state index in [-0.39, 0.29) is 5.91 Å². The summed E-state index contributed by atoms with van der Waals surface area (Å²) in [5.41, 5.74) is 2.19. The van der Waals surface area contributed by atoms with Crippen LogP contribution in [0.15, 0.2) is 84.5 Å². The Balaban J connectivity index is 1.47. The number of nitrogens with one attached hydrogen (secondary N) is 1. The zero-order valence-electron chi connectivity index (χ0n) is 14.2. The number of para-hydroxylation sites is 1. The van der Waals surface area contributed by atoms with E-state index < -0.39 is 0 Å². The summed E-state index contributed by atoms with van der Waals surface area (Å²) in [7, 11) is 0. The first kappa shape index (κ1) is 16.9. The van der Waals surface area contributed by atoms with Gasteiger partial charge >= 0.3 is 0 Å². The molecule has 4 rings (SSSR count). The van der Waals surface area contributed by atoms with E-state index >= 15 is 0 Å². The van der Waals surface area contributed by atoms with Gasteiger partial charge in [0.1, 0.15) is 11.5 Å². The van der Waals surface area contributed by atoms with E-state index in [1.807, 2.05) is 53.9 Å². The third kappa shape index (κ3) is 4.19. The fourth-order valence-electron chi connectivity index (χ4n) is 2.47. The van der Waals surface area contributed by atoms with Crippen molar-refractivity contribution in [3.8, 4) is 22.8 Å². The van der Waals surface area contributed by atoms with Crippen LogP contribution in [0.1, 0.15) is 10.4 Å². The van der Waals surface area contributed by atoms with Crippen LogP contribution < -0.4 is 10.1 Å². The first-order valence-electron chi connectivity index (χ1n) is 8.28. The Kier molecular flexibility index (Phi) is 4.89. The lowest BCUT2D eigenvalue weighted by Crippen LogP contribution is -2.11. The van der Waals surface area contributed by atoms with Gasteiger partial charge in [-0.25, -0.2) is 4.98 Å². The minimum Gasteiger partial charge on any atom is -0.457 e. The molecule has 1 N–H and O–H groups in total. The smallest absolute Gasteiger partial charge is 0.257 e. The van der Waals surface area contributed by atoms with Crippen molar-refractivity contribution in [2.45, 2.75) is 0 Å². The summed E-state index contributed by atoms with van der Waals surface area (Å²) in [5.74, 6) is 1.08. The van der Waals surface area contributed by atoms with Gasteiger partial charge in [0.25, 0.3) is 5.91 Å². The molecular weight excluding hydrogens is 358 g/mol. The lowest BCUT2D eigenvalue weighted by Gasteiger charge is -2.07. The monoisotopic (exact) mass is 373 g/mol. The molecule has 0 aliphatic rings. The molecule has 1 amide bonds. The number of carbonyl (C=O) groups is 1. The first-order chi connectivity index (χ1) is 13.3. The molecule has 0 spiro atoms. The normalized spacial score (nSPS) is 10.4. The fourth-order valence-corrected chi connectivity index (χ4v) is 3.19. The van der Waals surface area contributed by atoms with Gasteiger partial charge in [-0.15, -0.1) is 11.3 Å². The average Bonchev–Trinajstić information content (AvgIpc) is 3.18. The van der Waals surface area contributed by atoms with Gasteiger partial charge in [0, 0.05) is 28.9 Å². The van der Waals surface area contributed by atoms with E-state index in [0.717, 1.165) is 17.0 Å². The van der Waals surface area contributed by atoms with E-state index in [2.05, 4.69) is 15.3 Å². The predicted octanol–water partition coefficient (Wildman–Crippen LogP) is 5.25. The fraction of sp³-hybridized carbons (Fsp3) is 0. The summed E-state index contributed by atoms with van der Waals surface area (Å²) < 4.78 is 5.78. The van der Waals surface area contributed by atoms with Gasteiger partial charge in [0.05, 0.1) is 5.69 Å². The molecule has 0 bridgehead atoms. The number of hydrogen-bond donors (Lipinski definition) is 1. The van der Waals surface area contributed by atoms with E-state index in [9.17, 15) is 4.79 Å². The molecule has 0 unspecified atom stereocenters. The molecule has 27 heavy (non-hydrogen) atoms. The van der Waals surface area contributed by atoms with Crippen LogP contribution in [0.2, 0.25) is 0 Å². The molecule has 0 saturated heterocycles. The van der Waals surface area contributed by atoms with Gasteiger partial charge < -0.3 is 4.74 Å². The molecule has 0 aliphatic heterocycles. The molecule has 2 aromatic heterocycles. The Morgan fingerprint density at radius 2 is 1.81 bits per heavy atom. The molecule has 2 heterocycles. The second kappa shape index (κ2) is 7.80. The van der Waals surface area contributed by atoms with E-state index in [1.54, 1.807) is 30.6 Å². The van der Waals surface area contributed by atoms with Crippen LogP contribution in [-0.4, -0.2) is 15.9 Å². The highest BCUT2D eigenvalue weighted by Crippen LogP contribution is 2.25. The van der Waals surface area contributed by atoms with Crippen LogP contribution in [0, 0.1) is 0 Å². The van der Waals surface area contributed by atoms with Crippen molar-refractivity contribution in [2.75, 3.05) is 5.32 Å². The number of ether oxygens (including phenoxy) is 1. The number of aromatic nitrogens is 2. The SMILES string of the molecule is O=C(Nc1nc(-c2cccnc2)cs1)c1cccc(Oc2ccccc2)c1. The van der Waals surface area contributed by atoms with Crippen LogP contribution in [0.3, 0.4) is 0 Å². The maximum Gasteiger partial charge on any atom is 0.257 e. The molecule has 5 nitrogen and oxygen atoms in total. The van der Waals surface area contributed by atoms with Crippen LogP contribution >= 0.6 is 11.3 Å². The number of carbonyl (C=O) groups excluding carboxylic acids is 1. The highest BCUT2D eigenvalue weighted by Gasteiger charge is 2.11. The number of thiazole rings is 1. The van der Waals surface area contributed by atoms with Crippen LogP contribution in [0.4, 0.5) is 5.13 Å². The summed E-state index contributed by atoms with van der Waals surface area (Å²) in [6.07, 6.45) is 3.45. The quantitative estimate of drug-likeness (QED) is 0.519. The van der Waals surface area contributed by atoms with E-state index in [0.29, 0.717) is 16.4 Å². The van der Waals surface area contributed by atoms with E-state index in [4.69, 9.17) is 4.74 Å². The molecule has 132 valence electrons. The Hall–Kier alpha value is -3.51. The maximum absolute atomic E-state index is 12.6. The van der Waals surface area contributed by atoms with Crippen molar-refractivity contribution in [1.82, 2.24) is 9.97 Å². The second-order valence-electron chi connectivity index (χ2n) is 5.68. The molecule has 2 aromatic carbocycles. The minimum absolute atomic E-state index is 0.236. The zero-order valence-corrected chi connectivity index (χ0v) is 15.0. The van der Waals surface area contributed by atoms with Gasteiger partial charge in [0.15, 0.2) is 5.13 Å². The van der Waals surface area contributed by atoms with Crippen molar-refractivity contribution >= 4 is 22.4 Å². The number of hydrogen-bond acceptors (Lipinski definition) is 5. The number of nitrogens with zero attached hydrogens (tertiary/aromatic N) is 2.